The van der Waals surface area contributed by atoms with E-state index in [0.717, 1.165) is 24.3 Å². The minimum Gasteiger partial charge on any atom is -0.369 e. The van der Waals surface area contributed by atoms with Gasteiger partial charge in [-0.3, -0.25) is 0 Å². The lowest BCUT2D eigenvalue weighted by Crippen LogP contribution is -2.52. The second-order valence-corrected chi connectivity index (χ2v) is 6.52. The quantitative estimate of drug-likeness (QED) is 0.904. The Kier molecular flexibility index (Phi) is 4.07. The molecule has 0 aliphatic carbocycles. The molecule has 1 aromatic carbocycles. The van der Waals surface area contributed by atoms with Crippen molar-refractivity contribution in [1.82, 2.24) is 0 Å². The first-order chi connectivity index (χ1) is 9.19. The number of hydrogen-bond acceptors (Lipinski definition) is 3. The van der Waals surface area contributed by atoms with Gasteiger partial charge >= 0.3 is 0 Å². The fraction of sp³-hybridized carbons (Fsp3) is 0.625. The van der Waals surface area contributed by atoms with E-state index < -0.39 is 0 Å². The van der Waals surface area contributed by atoms with Crippen molar-refractivity contribution in [3.05, 3.63) is 29.1 Å². The lowest BCUT2D eigenvalue weighted by Gasteiger charge is -2.43. The van der Waals surface area contributed by atoms with Crippen molar-refractivity contribution in [3.63, 3.8) is 0 Å². The Bertz CT molecular complexity index is 499. The van der Waals surface area contributed by atoms with Gasteiger partial charge in [-0.05, 0) is 57.9 Å². The van der Waals surface area contributed by atoms with E-state index in [2.05, 4.69) is 25.7 Å². The van der Waals surface area contributed by atoms with Gasteiger partial charge in [0.2, 0.25) is 0 Å². The van der Waals surface area contributed by atoms with Crippen LogP contribution in [0.4, 0.5) is 10.1 Å². The number of rotatable bonds is 2. The molecule has 3 nitrogen and oxygen atoms in total. The molecule has 0 saturated carbocycles. The van der Waals surface area contributed by atoms with E-state index in [9.17, 15) is 4.39 Å². The van der Waals surface area contributed by atoms with Crippen molar-refractivity contribution < 1.29 is 9.13 Å². The van der Waals surface area contributed by atoms with Crippen LogP contribution >= 0.6 is 0 Å². The van der Waals surface area contributed by atoms with Crippen molar-refractivity contribution in [2.45, 2.75) is 52.4 Å². The van der Waals surface area contributed by atoms with Crippen LogP contribution in [0, 0.1) is 12.7 Å². The number of halogens is 1. The molecule has 0 amide bonds. The molecule has 2 N–H and O–H groups in total. The zero-order chi connectivity index (χ0) is 15.1. The monoisotopic (exact) mass is 280 g/mol. The zero-order valence-corrected chi connectivity index (χ0v) is 13.0. The topological polar surface area (TPSA) is 38.5 Å². The smallest absolute Gasteiger partial charge is 0.126 e. The molecule has 4 heteroatoms. The van der Waals surface area contributed by atoms with Crippen LogP contribution in [0.3, 0.4) is 0 Å². The van der Waals surface area contributed by atoms with E-state index >= 15 is 0 Å². The average Bonchev–Trinajstić information content (AvgIpc) is 2.29. The predicted octanol–water partition coefficient (Wildman–Crippen LogP) is 3.16. The van der Waals surface area contributed by atoms with Crippen molar-refractivity contribution in [1.29, 1.82) is 0 Å². The lowest BCUT2D eigenvalue weighted by atomic mass is 9.99. The van der Waals surface area contributed by atoms with Crippen LogP contribution in [0.25, 0.3) is 0 Å². The molecule has 1 aliphatic rings. The molecule has 1 heterocycles. The number of aryl methyl sites for hydroxylation is 1. The molecule has 20 heavy (non-hydrogen) atoms. The number of anilines is 1. The summed E-state index contributed by atoms with van der Waals surface area (Å²) < 4.78 is 19.7. The van der Waals surface area contributed by atoms with Crippen molar-refractivity contribution >= 4 is 5.69 Å². The summed E-state index contributed by atoms with van der Waals surface area (Å²) in [5.74, 6) is -0.193. The number of nitrogens with two attached hydrogens (primary N) is 1. The summed E-state index contributed by atoms with van der Waals surface area (Å²) in [6.07, 6.45) is 0.144. The van der Waals surface area contributed by atoms with Gasteiger partial charge in [-0.1, -0.05) is 0 Å². The third-order valence-electron chi connectivity index (χ3n) is 3.71. The van der Waals surface area contributed by atoms with Crippen LogP contribution in [0.15, 0.2) is 12.1 Å². The van der Waals surface area contributed by atoms with Gasteiger partial charge in [-0.25, -0.2) is 4.39 Å². The maximum absolute atomic E-state index is 13.8. The van der Waals surface area contributed by atoms with Gasteiger partial charge in [0.15, 0.2) is 0 Å². The van der Waals surface area contributed by atoms with Gasteiger partial charge in [0, 0.05) is 24.8 Å². The summed E-state index contributed by atoms with van der Waals surface area (Å²) in [7, 11) is 0. The van der Waals surface area contributed by atoms with E-state index in [0.29, 0.717) is 5.56 Å². The highest BCUT2D eigenvalue weighted by atomic mass is 19.1. The summed E-state index contributed by atoms with van der Waals surface area (Å²) in [4.78, 5) is 2.26. The first-order valence-corrected chi connectivity index (χ1v) is 7.18. The van der Waals surface area contributed by atoms with Gasteiger partial charge in [0.1, 0.15) is 5.82 Å². The standard InChI is InChI=1S/C16H25FN2O/c1-10-6-15(13(12(3)18)7-14(10)17)19-8-11(2)20-16(4,5)9-19/h6-7,11-12H,8-9,18H2,1-5H3/t11?,12-/m0/s1. The Morgan fingerprint density at radius 1 is 1.45 bits per heavy atom. The second-order valence-electron chi connectivity index (χ2n) is 6.52. The molecule has 1 aliphatic heterocycles. The lowest BCUT2D eigenvalue weighted by molar-refractivity contribution is -0.0750. The minimum atomic E-state index is -0.213. The molecule has 0 radical (unpaired) electrons. The number of benzene rings is 1. The van der Waals surface area contributed by atoms with Crippen molar-refractivity contribution in [3.8, 4) is 0 Å². The highest BCUT2D eigenvalue weighted by Crippen LogP contribution is 2.32. The molecule has 0 spiro atoms. The number of hydrogen-bond donors (Lipinski definition) is 1. The largest absolute Gasteiger partial charge is 0.369 e. The first-order valence-electron chi connectivity index (χ1n) is 7.18. The molecule has 1 aromatic rings. The molecule has 0 aromatic heterocycles. The highest BCUT2D eigenvalue weighted by Gasteiger charge is 2.32. The maximum atomic E-state index is 13.8. The summed E-state index contributed by atoms with van der Waals surface area (Å²) in [5.41, 5.74) is 8.35. The fourth-order valence-electron chi connectivity index (χ4n) is 2.96. The van der Waals surface area contributed by atoms with E-state index in [4.69, 9.17) is 10.5 Å². The molecule has 1 fully saturated rings. The second kappa shape index (κ2) is 5.34. The summed E-state index contributed by atoms with van der Waals surface area (Å²) in [6, 6.07) is 3.28. The molecular weight excluding hydrogens is 255 g/mol. The highest BCUT2D eigenvalue weighted by molar-refractivity contribution is 5.57. The summed E-state index contributed by atoms with van der Waals surface area (Å²) >= 11 is 0. The minimum absolute atomic E-state index is 0.144. The SMILES string of the molecule is Cc1cc(N2CC(C)OC(C)(C)C2)c([C@H](C)N)cc1F. The Morgan fingerprint density at radius 2 is 2.10 bits per heavy atom. The third kappa shape index (κ3) is 3.13. The van der Waals surface area contributed by atoms with Gasteiger partial charge in [0.25, 0.3) is 0 Å². The van der Waals surface area contributed by atoms with E-state index in [-0.39, 0.29) is 23.6 Å². The molecule has 112 valence electrons. The number of ether oxygens (including phenoxy) is 1. The van der Waals surface area contributed by atoms with E-state index in [1.165, 1.54) is 0 Å². The Hall–Kier alpha value is -1.13. The molecule has 1 saturated heterocycles. The predicted molar refractivity (Wildman–Crippen MR) is 80.6 cm³/mol. The molecular formula is C16H25FN2O. The van der Waals surface area contributed by atoms with E-state index in [1.54, 1.807) is 13.0 Å². The van der Waals surface area contributed by atoms with Crippen LogP contribution < -0.4 is 10.6 Å². The average molecular weight is 280 g/mol. The van der Waals surface area contributed by atoms with Crippen LogP contribution in [-0.4, -0.2) is 24.8 Å². The van der Waals surface area contributed by atoms with Crippen LogP contribution in [0.5, 0.6) is 0 Å². The maximum Gasteiger partial charge on any atom is 0.126 e. The molecule has 0 bridgehead atoms. The molecule has 2 rings (SSSR count). The zero-order valence-electron chi connectivity index (χ0n) is 13.0. The fourth-order valence-corrected chi connectivity index (χ4v) is 2.96. The summed E-state index contributed by atoms with van der Waals surface area (Å²) in [6.45, 7) is 11.5. The van der Waals surface area contributed by atoms with Gasteiger partial charge < -0.3 is 15.4 Å². The van der Waals surface area contributed by atoms with Gasteiger partial charge in [-0.2, -0.15) is 0 Å². The van der Waals surface area contributed by atoms with Crippen LogP contribution in [0.2, 0.25) is 0 Å². The molecule has 1 unspecified atom stereocenters. The normalized spacial score (nSPS) is 23.8. The van der Waals surface area contributed by atoms with Crippen molar-refractivity contribution in [2.24, 2.45) is 5.73 Å². The van der Waals surface area contributed by atoms with Gasteiger partial charge in [-0.15, -0.1) is 0 Å². The number of nitrogens with zero attached hydrogens (tertiary/aromatic N) is 1. The Balaban J connectivity index is 2.43. The van der Waals surface area contributed by atoms with Crippen LogP contribution in [-0.2, 0) is 4.74 Å². The Labute approximate surface area is 120 Å². The van der Waals surface area contributed by atoms with Gasteiger partial charge in [0.05, 0.1) is 11.7 Å². The number of morpholine rings is 1. The van der Waals surface area contributed by atoms with Crippen LogP contribution in [0.1, 0.15) is 44.9 Å². The first kappa shape index (κ1) is 15.3. The van der Waals surface area contributed by atoms with Crippen molar-refractivity contribution in [2.75, 3.05) is 18.0 Å². The van der Waals surface area contributed by atoms with E-state index in [1.807, 2.05) is 13.0 Å². The summed E-state index contributed by atoms with van der Waals surface area (Å²) in [5, 5.41) is 0. The third-order valence-corrected chi connectivity index (χ3v) is 3.71. The Morgan fingerprint density at radius 3 is 2.65 bits per heavy atom. The molecule has 2 atom stereocenters.